The van der Waals surface area contributed by atoms with E-state index < -0.39 is 0 Å². The van der Waals surface area contributed by atoms with Gasteiger partial charge in [-0.3, -0.25) is 0 Å². The SMILES string of the molecule is CN(c1ccc(C(N)=S)cc1)C1CCOC1. The van der Waals surface area contributed by atoms with Gasteiger partial charge in [-0.05, 0) is 30.7 Å². The maximum atomic E-state index is 5.56. The third-order valence-corrected chi connectivity index (χ3v) is 3.25. The molecule has 1 saturated heterocycles. The van der Waals surface area contributed by atoms with Crippen molar-refractivity contribution in [3.63, 3.8) is 0 Å². The molecule has 0 spiro atoms. The van der Waals surface area contributed by atoms with E-state index >= 15 is 0 Å². The summed E-state index contributed by atoms with van der Waals surface area (Å²) in [6, 6.07) is 8.50. The highest BCUT2D eigenvalue weighted by Gasteiger charge is 2.20. The Morgan fingerprint density at radius 2 is 2.12 bits per heavy atom. The summed E-state index contributed by atoms with van der Waals surface area (Å²) in [7, 11) is 2.09. The van der Waals surface area contributed by atoms with Gasteiger partial charge in [0.15, 0.2) is 0 Å². The number of nitrogens with two attached hydrogens (primary N) is 1. The number of rotatable bonds is 3. The van der Waals surface area contributed by atoms with Crippen LogP contribution in [-0.4, -0.2) is 31.3 Å². The molecule has 86 valence electrons. The molecule has 2 N–H and O–H groups in total. The predicted molar refractivity (Wildman–Crippen MR) is 70.0 cm³/mol. The Labute approximate surface area is 101 Å². The zero-order chi connectivity index (χ0) is 11.5. The van der Waals surface area contributed by atoms with Crippen LogP contribution < -0.4 is 10.6 Å². The summed E-state index contributed by atoms with van der Waals surface area (Å²) < 4.78 is 5.38. The first-order valence-electron chi connectivity index (χ1n) is 5.39. The molecule has 1 unspecified atom stereocenters. The van der Waals surface area contributed by atoms with Crippen molar-refractivity contribution in [3.05, 3.63) is 29.8 Å². The van der Waals surface area contributed by atoms with Crippen LogP contribution in [0.1, 0.15) is 12.0 Å². The van der Waals surface area contributed by atoms with E-state index in [4.69, 9.17) is 22.7 Å². The van der Waals surface area contributed by atoms with Crippen LogP contribution in [0.2, 0.25) is 0 Å². The van der Waals surface area contributed by atoms with Gasteiger partial charge in [0.05, 0.1) is 12.6 Å². The molecule has 16 heavy (non-hydrogen) atoms. The Balaban J connectivity index is 2.11. The molecule has 1 aliphatic heterocycles. The van der Waals surface area contributed by atoms with Crippen LogP contribution in [0.5, 0.6) is 0 Å². The van der Waals surface area contributed by atoms with E-state index in [9.17, 15) is 0 Å². The van der Waals surface area contributed by atoms with Crippen molar-refractivity contribution in [1.29, 1.82) is 0 Å². The quantitative estimate of drug-likeness (QED) is 0.808. The standard InChI is InChI=1S/C12H16N2OS/c1-14(11-6-7-15-8-11)10-4-2-9(3-5-10)12(13)16/h2-5,11H,6-8H2,1H3,(H2,13,16). The lowest BCUT2D eigenvalue weighted by Crippen LogP contribution is -2.31. The average Bonchev–Trinajstić information content (AvgIpc) is 2.81. The fourth-order valence-electron chi connectivity index (χ4n) is 1.90. The van der Waals surface area contributed by atoms with Crippen LogP contribution in [0.15, 0.2) is 24.3 Å². The zero-order valence-electron chi connectivity index (χ0n) is 9.35. The number of hydrogen-bond acceptors (Lipinski definition) is 3. The number of thiocarbonyl (C=S) groups is 1. The highest BCUT2D eigenvalue weighted by Crippen LogP contribution is 2.20. The molecule has 1 heterocycles. The highest BCUT2D eigenvalue weighted by molar-refractivity contribution is 7.80. The third-order valence-electron chi connectivity index (χ3n) is 3.01. The number of likely N-dealkylation sites (N-methyl/N-ethyl adjacent to an activating group) is 1. The summed E-state index contributed by atoms with van der Waals surface area (Å²) in [5.74, 6) is 0. The molecule has 1 aromatic rings. The summed E-state index contributed by atoms with van der Waals surface area (Å²) in [6.07, 6.45) is 1.09. The molecule has 0 bridgehead atoms. The minimum Gasteiger partial charge on any atom is -0.389 e. The first-order chi connectivity index (χ1) is 7.68. The summed E-state index contributed by atoms with van der Waals surface area (Å²) in [6.45, 7) is 1.67. The summed E-state index contributed by atoms with van der Waals surface area (Å²) in [4.78, 5) is 2.69. The van der Waals surface area contributed by atoms with Gasteiger partial charge in [-0.15, -0.1) is 0 Å². The van der Waals surface area contributed by atoms with Crippen LogP contribution >= 0.6 is 12.2 Å². The largest absolute Gasteiger partial charge is 0.389 e. The van der Waals surface area contributed by atoms with Crippen molar-refractivity contribution in [2.75, 3.05) is 25.2 Å². The summed E-state index contributed by atoms with van der Waals surface area (Å²) >= 11 is 4.92. The third kappa shape index (κ3) is 2.33. The maximum absolute atomic E-state index is 5.56. The van der Waals surface area contributed by atoms with Gasteiger partial charge in [0.1, 0.15) is 4.99 Å². The van der Waals surface area contributed by atoms with Crippen LogP contribution in [-0.2, 0) is 4.74 Å². The topological polar surface area (TPSA) is 38.5 Å². The normalized spacial score (nSPS) is 19.7. The average molecular weight is 236 g/mol. The molecule has 0 radical (unpaired) electrons. The molecule has 1 aromatic carbocycles. The number of ether oxygens (including phenoxy) is 1. The Bertz CT molecular complexity index is 371. The molecule has 0 amide bonds. The molecule has 3 nitrogen and oxygen atoms in total. The van der Waals surface area contributed by atoms with Gasteiger partial charge in [0, 0.05) is 24.9 Å². The number of anilines is 1. The Morgan fingerprint density at radius 3 is 2.62 bits per heavy atom. The zero-order valence-corrected chi connectivity index (χ0v) is 10.2. The lowest BCUT2D eigenvalue weighted by Gasteiger charge is -2.25. The molecule has 1 fully saturated rings. The minimum absolute atomic E-state index is 0.443. The molecule has 0 saturated carbocycles. The van der Waals surface area contributed by atoms with Gasteiger partial charge in [0.2, 0.25) is 0 Å². The number of hydrogen-bond donors (Lipinski definition) is 1. The molecule has 1 aliphatic rings. The molecule has 0 aliphatic carbocycles. The lowest BCUT2D eigenvalue weighted by molar-refractivity contribution is 0.193. The first-order valence-corrected chi connectivity index (χ1v) is 5.80. The summed E-state index contributed by atoms with van der Waals surface area (Å²) in [5.41, 5.74) is 7.65. The van der Waals surface area contributed by atoms with Gasteiger partial charge in [-0.2, -0.15) is 0 Å². The van der Waals surface area contributed by atoms with Crippen LogP contribution in [0.25, 0.3) is 0 Å². The van der Waals surface area contributed by atoms with Crippen molar-refractivity contribution in [1.82, 2.24) is 0 Å². The van der Waals surface area contributed by atoms with Crippen LogP contribution in [0, 0.1) is 0 Å². The van der Waals surface area contributed by atoms with Crippen LogP contribution in [0.4, 0.5) is 5.69 Å². The minimum atomic E-state index is 0.443. The van der Waals surface area contributed by atoms with E-state index in [0.717, 1.165) is 25.2 Å². The van der Waals surface area contributed by atoms with E-state index in [0.29, 0.717) is 11.0 Å². The van der Waals surface area contributed by atoms with E-state index in [1.165, 1.54) is 5.69 Å². The Morgan fingerprint density at radius 1 is 1.44 bits per heavy atom. The molecule has 1 atom stereocenters. The number of nitrogens with zero attached hydrogens (tertiary/aromatic N) is 1. The second-order valence-electron chi connectivity index (χ2n) is 4.04. The van der Waals surface area contributed by atoms with E-state index in [1.807, 2.05) is 24.3 Å². The van der Waals surface area contributed by atoms with Crippen molar-refractivity contribution in [2.45, 2.75) is 12.5 Å². The Hall–Kier alpha value is -1.13. The molecule has 4 heteroatoms. The van der Waals surface area contributed by atoms with Crippen molar-refractivity contribution < 1.29 is 4.74 Å². The predicted octanol–water partition coefficient (Wildman–Crippen LogP) is 1.55. The fraction of sp³-hybridized carbons (Fsp3) is 0.417. The first kappa shape index (κ1) is 11.4. The molecular formula is C12H16N2OS. The van der Waals surface area contributed by atoms with Crippen molar-refractivity contribution in [2.24, 2.45) is 5.73 Å². The van der Waals surface area contributed by atoms with E-state index in [-0.39, 0.29) is 0 Å². The Kier molecular flexibility index (Phi) is 3.41. The summed E-state index contributed by atoms with van der Waals surface area (Å²) in [5, 5.41) is 0. The monoisotopic (exact) mass is 236 g/mol. The highest BCUT2D eigenvalue weighted by atomic mass is 32.1. The second-order valence-corrected chi connectivity index (χ2v) is 4.48. The lowest BCUT2D eigenvalue weighted by atomic mass is 10.1. The number of benzene rings is 1. The molecular weight excluding hydrogens is 220 g/mol. The van der Waals surface area contributed by atoms with Gasteiger partial charge >= 0.3 is 0 Å². The van der Waals surface area contributed by atoms with Gasteiger partial charge in [-0.25, -0.2) is 0 Å². The van der Waals surface area contributed by atoms with Crippen molar-refractivity contribution >= 4 is 22.9 Å². The van der Waals surface area contributed by atoms with Gasteiger partial charge < -0.3 is 15.4 Å². The second kappa shape index (κ2) is 4.80. The van der Waals surface area contributed by atoms with E-state index in [1.54, 1.807) is 0 Å². The van der Waals surface area contributed by atoms with Gasteiger partial charge in [0.25, 0.3) is 0 Å². The van der Waals surface area contributed by atoms with Gasteiger partial charge in [-0.1, -0.05) is 12.2 Å². The smallest absolute Gasteiger partial charge is 0.103 e. The molecule has 2 rings (SSSR count). The maximum Gasteiger partial charge on any atom is 0.103 e. The van der Waals surface area contributed by atoms with Crippen LogP contribution in [0.3, 0.4) is 0 Å². The van der Waals surface area contributed by atoms with Crippen molar-refractivity contribution in [3.8, 4) is 0 Å². The van der Waals surface area contributed by atoms with E-state index in [2.05, 4.69) is 11.9 Å². The fourth-order valence-corrected chi connectivity index (χ4v) is 2.04. The molecule has 0 aromatic heterocycles.